The maximum absolute atomic E-state index is 12.5. The van der Waals surface area contributed by atoms with Crippen LogP contribution in [-0.4, -0.2) is 35.6 Å². The number of carbonyl (C=O) groups excluding carboxylic acids is 1. The van der Waals surface area contributed by atoms with Gasteiger partial charge in [0.15, 0.2) is 0 Å². The van der Waals surface area contributed by atoms with E-state index in [1.807, 2.05) is 23.1 Å². The number of benzene rings is 1. The largest absolute Gasteiger partial charge is 0.384 e. The number of hydrogen-bond donors (Lipinski definition) is 1. The molecule has 2 rings (SSSR count). The summed E-state index contributed by atoms with van der Waals surface area (Å²) in [6.07, 6.45) is 3.36. The molecule has 1 unspecified atom stereocenters. The lowest BCUT2D eigenvalue weighted by Gasteiger charge is -2.20. The number of likely N-dealkylation sites (tertiary alicyclic amines) is 1. The van der Waals surface area contributed by atoms with Gasteiger partial charge in [0.1, 0.15) is 6.61 Å². The van der Waals surface area contributed by atoms with Crippen molar-refractivity contribution in [3.05, 3.63) is 35.4 Å². The van der Waals surface area contributed by atoms with Gasteiger partial charge in [-0.15, -0.1) is 0 Å². The minimum Gasteiger partial charge on any atom is -0.384 e. The zero-order valence-corrected chi connectivity index (χ0v) is 11.9. The molecule has 1 heterocycles. The number of hydrogen-bond acceptors (Lipinski definition) is 2. The Labute approximate surface area is 120 Å². The van der Waals surface area contributed by atoms with Crippen molar-refractivity contribution in [1.82, 2.24) is 4.90 Å². The number of rotatable bonds is 1. The maximum atomic E-state index is 12.5. The molecule has 0 saturated carbocycles. The van der Waals surface area contributed by atoms with Gasteiger partial charge in [0.2, 0.25) is 0 Å². The zero-order valence-electron chi connectivity index (χ0n) is 11.9. The van der Waals surface area contributed by atoms with Crippen LogP contribution < -0.4 is 0 Å². The summed E-state index contributed by atoms with van der Waals surface area (Å²) in [5.41, 5.74) is 1.46. The summed E-state index contributed by atoms with van der Waals surface area (Å²) in [6, 6.07) is 7.33. The molecule has 1 aromatic carbocycles. The molecule has 106 valence electrons. The summed E-state index contributed by atoms with van der Waals surface area (Å²) in [7, 11) is 0. The third-order valence-electron chi connectivity index (χ3n) is 3.73. The fourth-order valence-electron chi connectivity index (χ4n) is 2.52. The van der Waals surface area contributed by atoms with E-state index in [0.29, 0.717) is 11.5 Å². The molecule has 1 atom stereocenters. The van der Waals surface area contributed by atoms with Crippen LogP contribution in [0.1, 0.15) is 42.1 Å². The monoisotopic (exact) mass is 271 g/mol. The van der Waals surface area contributed by atoms with Gasteiger partial charge in [-0.3, -0.25) is 4.79 Å². The smallest absolute Gasteiger partial charge is 0.253 e. The van der Waals surface area contributed by atoms with E-state index in [1.54, 1.807) is 6.07 Å². The fraction of sp³-hybridized carbons (Fsp3) is 0.471. The third-order valence-corrected chi connectivity index (χ3v) is 3.73. The van der Waals surface area contributed by atoms with E-state index >= 15 is 0 Å². The summed E-state index contributed by atoms with van der Waals surface area (Å²) in [5.74, 6) is 6.24. The highest BCUT2D eigenvalue weighted by Gasteiger charge is 2.19. The first-order valence-electron chi connectivity index (χ1n) is 7.20. The van der Waals surface area contributed by atoms with Crippen LogP contribution in [0.25, 0.3) is 0 Å². The van der Waals surface area contributed by atoms with E-state index in [0.717, 1.165) is 31.5 Å². The summed E-state index contributed by atoms with van der Waals surface area (Å²) in [6.45, 7) is 3.77. The Hall–Kier alpha value is -1.79. The Morgan fingerprint density at radius 2 is 2.25 bits per heavy atom. The normalized spacial score (nSPS) is 18.9. The summed E-state index contributed by atoms with van der Waals surface area (Å²) < 4.78 is 0. The molecule has 0 spiro atoms. The van der Waals surface area contributed by atoms with Crippen LogP contribution in [0.5, 0.6) is 0 Å². The van der Waals surface area contributed by atoms with E-state index in [9.17, 15) is 4.79 Å². The van der Waals surface area contributed by atoms with Gasteiger partial charge < -0.3 is 10.0 Å². The van der Waals surface area contributed by atoms with Crippen LogP contribution in [0.2, 0.25) is 0 Å². The van der Waals surface area contributed by atoms with Gasteiger partial charge in [-0.25, -0.2) is 0 Å². The van der Waals surface area contributed by atoms with Gasteiger partial charge in [0.25, 0.3) is 5.91 Å². The van der Waals surface area contributed by atoms with Crippen LogP contribution in [0.3, 0.4) is 0 Å². The van der Waals surface area contributed by atoms with Gasteiger partial charge in [-0.2, -0.15) is 0 Å². The highest BCUT2D eigenvalue weighted by atomic mass is 16.2. The molecule has 3 heteroatoms. The second kappa shape index (κ2) is 7.12. The molecule has 1 amide bonds. The van der Waals surface area contributed by atoms with Crippen molar-refractivity contribution >= 4 is 5.91 Å². The molecule has 1 fully saturated rings. The Bertz CT molecular complexity index is 527. The average molecular weight is 271 g/mol. The number of nitrogens with zero attached hydrogens (tertiary/aromatic N) is 1. The number of carbonyl (C=O) groups is 1. The van der Waals surface area contributed by atoms with Crippen LogP contribution >= 0.6 is 0 Å². The van der Waals surface area contributed by atoms with Crippen molar-refractivity contribution in [2.75, 3.05) is 19.7 Å². The predicted molar refractivity (Wildman–Crippen MR) is 79.3 cm³/mol. The minimum atomic E-state index is -0.164. The minimum absolute atomic E-state index is 0.0896. The summed E-state index contributed by atoms with van der Waals surface area (Å²) >= 11 is 0. The van der Waals surface area contributed by atoms with E-state index < -0.39 is 0 Å². The maximum Gasteiger partial charge on any atom is 0.253 e. The van der Waals surface area contributed by atoms with E-state index in [4.69, 9.17) is 5.11 Å². The van der Waals surface area contributed by atoms with Gasteiger partial charge in [0.05, 0.1) is 0 Å². The highest BCUT2D eigenvalue weighted by molar-refractivity contribution is 5.94. The molecule has 1 saturated heterocycles. The SMILES string of the molecule is CC1CCCN(C(=O)c2cccc(C#CCO)c2)CC1. The van der Waals surface area contributed by atoms with Gasteiger partial charge in [-0.05, 0) is 43.4 Å². The van der Waals surface area contributed by atoms with Gasteiger partial charge in [-0.1, -0.05) is 24.8 Å². The molecule has 0 aliphatic carbocycles. The first kappa shape index (κ1) is 14.6. The van der Waals surface area contributed by atoms with Crippen molar-refractivity contribution in [2.24, 2.45) is 5.92 Å². The Morgan fingerprint density at radius 3 is 3.05 bits per heavy atom. The van der Waals surface area contributed by atoms with Crippen LogP contribution in [0.15, 0.2) is 24.3 Å². The standard InChI is InChI=1S/C17H21NO2/c1-14-5-3-10-18(11-9-14)17(20)16-8-2-6-15(13-16)7-4-12-19/h2,6,8,13-14,19H,3,5,9-12H2,1H3. The predicted octanol–water partition coefficient (Wildman–Crippen LogP) is 2.29. The first-order chi connectivity index (χ1) is 9.70. The Morgan fingerprint density at radius 1 is 1.40 bits per heavy atom. The first-order valence-corrected chi connectivity index (χ1v) is 7.20. The molecule has 1 aliphatic heterocycles. The topological polar surface area (TPSA) is 40.5 Å². The molecule has 3 nitrogen and oxygen atoms in total. The average Bonchev–Trinajstić information content (AvgIpc) is 2.69. The van der Waals surface area contributed by atoms with Crippen molar-refractivity contribution in [3.8, 4) is 11.8 Å². The van der Waals surface area contributed by atoms with Gasteiger partial charge >= 0.3 is 0 Å². The van der Waals surface area contributed by atoms with E-state index in [1.165, 1.54) is 6.42 Å². The van der Waals surface area contributed by atoms with Crippen LogP contribution in [0.4, 0.5) is 0 Å². The Kier molecular flexibility index (Phi) is 5.20. The van der Waals surface area contributed by atoms with Crippen molar-refractivity contribution < 1.29 is 9.90 Å². The number of aliphatic hydroxyl groups is 1. The third kappa shape index (κ3) is 3.85. The fourth-order valence-corrected chi connectivity index (χ4v) is 2.52. The van der Waals surface area contributed by atoms with Crippen LogP contribution in [0, 0.1) is 17.8 Å². The molecule has 1 aliphatic rings. The molecule has 0 bridgehead atoms. The van der Waals surface area contributed by atoms with E-state index in [2.05, 4.69) is 18.8 Å². The molecule has 1 aromatic rings. The second-order valence-electron chi connectivity index (χ2n) is 5.37. The van der Waals surface area contributed by atoms with Crippen molar-refractivity contribution in [1.29, 1.82) is 0 Å². The van der Waals surface area contributed by atoms with E-state index in [-0.39, 0.29) is 12.5 Å². The lowest BCUT2D eigenvalue weighted by Crippen LogP contribution is -2.32. The van der Waals surface area contributed by atoms with Crippen LogP contribution in [-0.2, 0) is 0 Å². The highest BCUT2D eigenvalue weighted by Crippen LogP contribution is 2.18. The second-order valence-corrected chi connectivity index (χ2v) is 5.37. The number of amides is 1. The molecular weight excluding hydrogens is 250 g/mol. The van der Waals surface area contributed by atoms with Gasteiger partial charge in [0, 0.05) is 24.2 Å². The molecule has 1 N–H and O–H groups in total. The Balaban J connectivity index is 2.12. The molecule has 20 heavy (non-hydrogen) atoms. The summed E-state index contributed by atoms with van der Waals surface area (Å²) in [5, 5.41) is 8.72. The van der Waals surface area contributed by atoms with Crippen molar-refractivity contribution in [3.63, 3.8) is 0 Å². The molecule has 0 aromatic heterocycles. The van der Waals surface area contributed by atoms with Crippen molar-refractivity contribution in [2.45, 2.75) is 26.2 Å². The molecule has 0 radical (unpaired) electrons. The lowest BCUT2D eigenvalue weighted by atomic mass is 10.0. The summed E-state index contributed by atoms with van der Waals surface area (Å²) in [4.78, 5) is 14.5. The quantitative estimate of drug-likeness (QED) is 0.796. The molecular formula is C17H21NO2. The number of aliphatic hydroxyl groups excluding tert-OH is 1. The lowest BCUT2D eigenvalue weighted by molar-refractivity contribution is 0.0760. The zero-order chi connectivity index (χ0) is 14.4.